The van der Waals surface area contributed by atoms with Gasteiger partial charge >= 0.3 is 0 Å². The van der Waals surface area contributed by atoms with Crippen LogP contribution in [0.3, 0.4) is 0 Å². The standard InChI is InChI=1S/C15H23N/c1-11-9-12(2)14(13(3)10-11)16-8-7-15(4,5)6/h8-10H,7H2,1-6H3. The summed E-state index contributed by atoms with van der Waals surface area (Å²) in [5, 5.41) is 0. The van der Waals surface area contributed by atoms with E-state index in [0.717, 1.165) is 12.1 Å². The third kappa shape index (κ3) is 3.80. The minimum Gasteiger partial charge on any atom is -0.261 e. The van der Waals surface area contributed by atoms with E-state index in [2.05, 4.69) is 58.7 Å². The van der Waals surface area contributed by atoms with Crippen molar-refractivity contribution in [2.45, 2.75) is 48.0 Å². The molecule has 0 radical (unpaired) electrons. The Balaban J connectivity index is 2.90. The second kappa shape index (κ2) is 4.82. The first-order valence-electron chi connectivity index (χ1n) is 5.90. The van der Waals surface area contributed by atoms with Gasteiger partial charge in [-0.2, -0.15) is 0 Å². The fourth-order valence-corrected chi connectivity index (χ4v) is 1.79. The van der Waals surface area contributed by atoms with Gasteiger partial charge in [0.1, 0.15) is 0 Å². The van der Waals surface area contributed by atoms with Crippen LogP contribution in [0.1, 0.15) is 43.9 Å². The molecule has 0 aromatic heterocycles. The Morgan fingerprint density at radius 2 is 1.56 bits per heavy atom. The van der Waals surface area contributed by atoms with Gasteiger partial charge in [-0.1, -0.05) is 38.5 Å². The van der Waals surface area contributed by atoms with Gasteiger partial charge in [0.05, 0.1) is 5.69 Å². The van der Waals surface area contributed by atoms with E-state index < -0.39 is 0 Å². The van der Waals surface area contributed by atoms with Gasteiger partial charge in [-0.15, -0.1) is 0 Å². The maximum Gasteiger partial charge on any atom is 0.0684 e. The first-order valence-corrected chi connectivity index (χ1v) is 5.90. The molecule has 0 aliphatic rings. The summed E-state index contributed by atoms with van der Waals surface area (Å²) in [6.07, 6.45) is 3.06. The molecule has 1 nitrogen and oxygen atoms in total. The third-order valence-corrected chi connectivity index (χ3v) is 2.56. The Morgan fingerprint density at radius 3 is 2.00 bits per heavy atom. The smallest absolute Gasteiger partial charge is 0.0684 e. The van der Waals surface area contributed by atoms with E-state index in [-0.39, 0.29) is 0 Å². The second-order valence-corrected chi connectivity index (χ2v) is 5.82. The van der Waals surface area contributed by atoms with Crippen LogP contribution in [0.5, 0.6) is 0 Å². The molecule has 0 amide bonds. The summed E-state index contributed by atoms with van der Waals surface area (Å²) in [6, 6.07) is 4.38. The highest BCUT2D eigenvalue weighted by Crippen LogP contribution is 2.25. The summed E-state index contributed by atoms with van der Waals surface area (Å²) in [7, 11) is 0. The zero-order valence-electron chi connectivity index (χ0n) is 11.4. The molecule has 0 spiro atoms. The van der Waals surface area contributed by atoms with E-state index in [4.69, 9.17) is 0 Å². The predicted octanol–water partition coefficient (Wildman–Crippen LogP) is 4.75. The van der Waals surface area contributed by atoms with Crippen molar-refractivity contribution < 1.29 is 0 Å². The lowest BCUT2D eigenvalue weighted by Gasteiger charge is -2.14. The second-order valence-electron chi connectivity index (χ2n) is 5.82. The first kappa shape index (κ1) is 13.0. The molecule has 0 aliphatic heterocycles. The van der Waals surface area contributed by atoms with Crippen LogP contribution in [-0.2, 0) is 0 Å². The third-order valence-electron chi connectivity index (χ3n) is 2.56. The van der Waals surface area contributed by atoms with Crippen molar-refractivity contribution in [2.75, 3.05) is 0 Å². The highest BCUT2D eigenvalue weighted by molar-refractivity contribution is 5.67. The molecule has 1 rings (SSSR count). The van der Waals surface area contributed by atoms with E-state index in [1.807, 2.05) is 6.21 Å². The van der Waals surface area contributed by atoms with Crippen molar-refractivity contribution in [2.24, 2.45) is 10.4 Å². The van der Waals surface area contributed by atoms with Crippen molar-refractivity contribution in [1.82, 2.24) is 0 Å². The summed E-state index contributed by atoms with van der Waals surface area (Å²) < 4.78 is 0. The number of hydrogen-bond donors (Lipinski definition) is 0. The van der Waals surface area contributed by atoms with Gasteiger partial charge in [-0.05, 0) is 43.7 Å². The molecule has 0 unspecified atom stereocenters. The van der Waals surface area contributed by atoms with Gasteiger partial charge in [-0.3, -0.25) is 4.99 Å². The Morgan fingerprint density at radius 1 is 1.06 bits per heavy atom. The van der Waals surface area contributed by atoms with Crippen LogP contribution < -0.4 is 0 Å². The highest BCUT2D eigenvalue weighted by Gasteiger charge is 2.07. The summed E-state index contributed by atoms with van der Waals surface area (Å²) in [5.41, 5.74) is 5.29. The first-order chi connectivity index (χ1) is 7.29. The molecule has 0 saturated carbocycles. The van der Waals surface area contributed by atoms with Gasteiger partial charge in [0.15, 0.2) is 0 Å². The van der Waals surface area contributed by atoms with Crippen molar-refractivity contribution in [3.05, 3.63) is 28.8 Å². The Bertz CT molecular complexity index is 371. The molecular weight excluding hydrogens is 194 g/mol. The van der Waals surface area contributed by atoms with Crippen LogP contribution in [0.15, 0.2) is 17.1 Å². The lowest BCUT2D eigenvalue weighted by molar-refractivity contribution is 0.437. The summed E-state index contributed by atoms with van der Waals surface area (Å²) in [4.78, 5) is 4.61. The Hall–Kier alpha value is -1.11. The van der Waals surface area contributed by atoms with E-state index in [9.17, 15) is 0 Å². The zero-order chi connectivity index (χ0) is 12.3. The lowest BCUT2D eigenvalue weighted by atomic mass is 9.93. The monoisotopic (exact) mass is 217 g/mol. The minimum atomic E-state index is 0.315. The molecule has 0 atom stereocenters. The van der Waals surface area contributed by atoms with E-state index in [1.165, 1.54) is 16.7 Å². The maximum absolute atomic E-state index is 4.61. The molecule has 0 aliphatic carbocycles. The molecule has 1 aromatic carbocycles. The van der Waals surface area contributed by atoms with Crippen molar-refractivity contribution in [3.63, 3.8) is 0 Å². The molecule has 0 N–H and O–H groups in total. The van der Waals surface area contributed by atoms with Crippen molar-refractivity contribution in [1.29, 1.82) is 0 Å². The normalized spacial score (nSPS) is 12.4. The van der Waals surface area contributed by atoms with Crippen LogP contribution in [-0.4, -0.2) is 6.21 Å². The molecule has 0 fully saturated rings. The molecule has 0 bridgehead atoms. The lowest BCUT2D eigenvalue weighted by Crippen LogP contribution is -2.04. The molecular formula is C15H23N. The van der Waals surface area contributed by atoms with Crippen molar-refractivity contribution >= 4 is 11.9 Å². The average molecular weight is 217 g/mol. The van der Waals surface area contributed by atoms with E-state index in [0.29, 0.717) is 5.41 Å². The van der Waals surface area contributed by atoms with Crippen LogP contribution >= 0.6 is 0 Å². The van der Waals surface area contributed by atoms with Gasteiger partial charge in [0, 0.05) is 6.21 Å². The van der Waals surface area contributed by atoms with E-state index in [1.54, 1.807) is 0 Å². The van der Waals surface area contributed by atoms with Gasteiger partial charge < -0.3 is 0 Å². The highest BCUT2D eigenvalue weighted by atomic mass is 14.7. The number of aliphatic imine (C=N–C) groups is 1. The van der Waals surface area contributed by atoms with E-state index >= 15 is 0 Å². The molecule has 1 heteroatoms. The fraction of sp³-hybridized carbons (Fsp3) is 0.533. The number of hydrogen-bond acceptors (Lipinski definition) is 1. The average Bonchev–Trinajstić information content (AvgIpc) is 2.07. The zero-order valence-corrected chi connectivity index (χ0v) is 11.4. The maximum atomic E-state index is 4.61. The minimum absolute atomic E-state index is 0.315. The van der Waals surface area contributed by atoms with Gasteiger partial charge in [0.2, 0.25) is 0 Å². The van der Waals surface area contributed by atoms with Crippen LogP contribution in [0.25, 0.3) is 0 Å². The van der Waals surface area contributed by atoms with Crippen LogP contribution in [0.4, 0.5) is 5.69 Å². The Kier molecular flexibility index (Phi) is 3.90. The molecule has 0 heterocycles. The SMILES string of the molecule is Cc1cc(C)c(N=CCC(C)(C)C)c(C)c1. The molecule has 0 saturated heterocycles. The summed E-state index contributed by atoms with van der Waals surface area (Å²) in [6.45, 7) is 13.1. The molecule has 88 valence electrons. The summed E-state index contributed by atoms with van der Waals surface area (Å²) in [5.74, 6) is 0. The van der Waals surface area contributed by atoms with Gasteiger partial charge in [0.25, 0.3) is 0 Å². The predicted molar refractivity (Wildman–Crippen MR) is 72.9 cm³/mol. The quantitative estimate of drug-likeness (QED) is 0.634. The summed E-state index contributed by atoms with van der Waals surface area (Å²) >= 11 is 0. The number of benzene rings is 1. The van der Waals surface area contributed by atoms with Crippen LogP contribution in [0.2, 0.25) is 0 Å². The van der Waals surface area contributed by atoms with Gasteiger partial charge in [-0.25, -0.2) is 0 Å². The topological polar surface area (TPSA) is 12.4 Å². The fourth-order valence-electron chi connectivity index (χ4n) is 1.79. The molecule has 16 heavy (non-hydrogen) atoms. The molecule has 1 aromatic rings. The van der Waals surface area contributed by atoms with Crippen molar-refractivity contribution in [3.8, 4) is 0 Å². The van der Waals surface area contributed by atoms with Crippen LogP contribution in [0, 0.1) is 26.2 Å². The number of nitrogens with zero attached hydrogens (tertiary/aromatic N) is 1. The Labute approximate surface area is 99.6 Å². The number of aryl methyl sites for hydroxylation is 3. The number of rotatable bonds is 2. The largest absolute Gasteiger partial charge is 0.261 e.